The Morgan fingerprint density at radius 3 is 2.47 bits per heavy atom. The maximum absolute atomic E-state index is 9.55. The first-order valence-electron chi connectivity index (χ1n) is 6.23. The summed E-state index contributed by atoms with van der Waals surface area (Å²) in [5.41, 5.74) is 2.73. The lowest BCUT2D eigenvalue weighted by molar-refractivity contribution is 0.197. The Kier molecular flexibility index (Phi) is 4.12. The lowest BCUT2D eigenvalue weighted by atomic mass is 10.1. The van der Waals surface area contributed by atoms with E-state index in [0.29, 0.717) is 6.42 Å². The van der Waals surface area contributed by atoms with Gasteiger partial charge in [0.1, 0.15) is 11.6 Å². The topological polar surface area (TPSA) is 55.2 Å². The van der Waals surface area contributed by atoms with E-state index in [2.05, 4.69) is 9.97 Å². The molecule has 1 atom stereocenters. The Balaban J connectivity index is 2.16. The van der Waals surface area contributed by atoms with E-state index in [1.807, 2.05) is 31.2 Å². The molecule has 0 fully saturated rings. The molecular formula is C15H18N2O2. The van der Waals surface area contributed by atoms with E-state index in [9.17, 15) is 5.11 Å². The van der Waals surface area contributed by atoms with Crippen LogP contribution in [0, 0.1) is 6.92 Å². The van der Waals surface area contributed by atoms with Crippen LogP contribution in [-0.4, -0.2) is 22.2 Å². The van der Waals surface area contributed by atoms with Gasteiger partial charge in [-0.15, -0.1) is 0 Å². The zero-order chi connectivity index (χ0) is 13.8. The number of nitrogens with zero attached hydrogens (tertiary/aromatic N) is 2. The van der Waals surface area contributed by atoms with E-state index in [1.54, 1.807) is 20.2 Å². The summed E-state index contributed by atoms with van der Waals surface area (Å²) < 4.78 is 5.12. The molecule has 0 amide bonds. The minimum atomic E-state index is -0.532. The molecule has 19 heavy (non-hydrogen) atoms. The number of aromatic nitrogens is 2. The Hall–Kier alpha value is -1.94. The molecule has 1 aromatic heterocycles. The molecule has 0 saturated carbocycles. The standard InChI is InChI=1S/C15H18N2O2/c1-10-14(11(2)18)9-16-15(17-10)8-12-4-6-13(19-3)7-5-12/h4-7,9,11,18H,8H2,1-3H3/t11-/m0/s1. The van der Waals surface area contributed by atoms with Crippen molar-refractivity contribution in [1.82, 2.24) is 9.97 Å². The number of methoxy groups -OCH3 is 1. The fourth-order valence-electron chi connectivity index (χ4n) is 1.95. The minimum absolute atomic E-state index is 0.532. The van der Waals surface area contributed by atoms with E-state index in [0.717, 1.165) is 28.4 Å². The predicted molar refractivity (Wildman–Crippen MR) is 73.2 cm³/mol. The van der Waals surface area contributed by atoms with Gasteiger partial charge in [0, 0.05) is 23.9 Å². The Bertz CT molecular complexity index is 551. The van der Waals surface area contributed by atoms with Gasteiger partial charge in [-0.2, -0.15) is 0 Å². The molecule has 0 radical (unpaired) electrons. The van der Waals surface area contributed by atoms with Crippen LogP contribution < -0.4 is 4.74 Å². The van der Waals surface area contributed by atoms with Gasteiger partial charge in [-0.3, -0.25) is 0 Å². The van der Waals surface area contributed by atoms with Crippen molar-refractivity contribution in [2.75, 3.05) is 7.11 Å². The number of benzene rings is 1. The summed E-state index contributed by atoms with van der Waals surface area (Å²) in [4.78, 5) is 8.73. The highest BCUT2D eigenvalue weighted by Gasteiger charge is 2.08. The highest BCUT2D eigenvalue weighted by molar-refractivity contribution is 5.29. The van der Waals surface area contributed by atoms with Crippen LogP contribution in [0.1, 0.15) is 35.7 Å². The van der Waals surface area contributed by atoms with E-state index < -0.39 is 6.10 Å². The fraction of sp³-hybridized carbons (Fsp3) is 0.333. The molecule has 0 aliphatic rings. The molecule has 0 saturated heterocycles. The zero-order valence-electron chi connectivity index (χ0n) is 11.4. The number of aryl methyl sites for hydroxylation is 1. The van der Waals surface area contributed by atoms with Crippen molar-refractivity contribution in [3.63, 3.8) is 0 Å². The van der Waals surface area contributed by atoms with Crippen LogP contribution in [0.2, 0.25) is 0 Å². The van der Waals surface area contributed by atoms with E-state index in [4.69, 9.17) is 4.74 Å². The van der Waals surface area contributed by atoms with Crippen molar-refractivity contribution < 1.29 is 9.84 Å². The lowest BCUT2D eigenvalue weighted by Gasteiger charge is -2.09. The van der Waals surface area contributed by atoms with Gasteiger partial charge in [-0.05, 0) is 31.5 Å². The molecule has 1 N–H and O–H groups in total. The van der Waals surface area contributed by atoms with Crippen molar-refractivity contribution in [3.05, 3.63) is 53.1 Å². The second-order valence-corrected chi connectivity index (χ2v) is 4.53. The van der Waals surface area contributed by atoms with Crippen molar-refractivity contribution in [3.8, 4) is 5.75 Å². The molecular weight excluding hydrogens is 240 g/mol. The summed E-state index contributed by atoms with van der Waals surface area (Å²) in [5, 5.41) is 9.55. The Morgan fingerprint density at radius 2 is 1.95 bits per heavy atom. The number of aliphatic hydroxyl groups is 1. The van der Waals surface area contributed by atoms with E-state index in [1.165, 1.54) is 0 Å². The molecule has 0 spiro atoms. The number of hydrogen-bond acceptors (Lipinski definition) is 4. The molecule has 1 heterocycles. The lowest BCUT2D eigenvalue weighted by Crippen LogP contribution is -2.04. The number of rotatable bonds is 4. The first kappa shape index (κ1) is 13.5. The normalized spacial score (nSPS) is 12.2. The summed E-state index contributed by atoms with van der Waals surface area (Å²) in [7, 11) is 1.65. The van der Waals surface area contributed by atoms with Crippen molar-refractivity contribution in [2.45, 2.75) is 26.4 Å². The number of ether oxygens (including phenoxy) is 1. The van der Waals surface area contributed by atoms with Gasteiger partial charge in [0.05, 0.1) is 13.2 Å². The smallest absolute Gasteiger partial charge is 0.132 e. The molecule has 1 aromatic carbocycles. The van der Waals surface area contributed by atoms with Crippen molar-refractivity contribution >= 4 is 0 Å². The quantitative estimate of drug-likeness (QED) is 0.915. The third-order valence-electron chi connectivity index (χ3n) is 3.04. The van der Waals surface area contributed by atoms with Crippen LogP contribution in [0.15, 0.2) is 30.5 Å². The molecule has 0 aliphatic carbocycles. The predicted octanol–water partition coefficient (Wildman–Crippen LogP) is 2.44. The minimum Gasteiger partial charge on any atom is -0.497 e. The summed E-state index contributed by atoms with van der Waals surface area (Å²) in [6.07, 6.45) is 1.84. The average Bonchev–Trinajstić information content (AvgIpc) is 2.39. The molecule has 2 rings (SSSR count). The first-order valence-corrected chi connectivity index (χ1v) is 6.23. The van der Waals surface area contributed by atoms with Gasteiger partial charge in [-0.25, -0.2) is 9.97 Å². The van der Waals surface area contributed by atoms with Crippen molar-refractivity contribution in [1.29, 1.82) is 0 Å². The van der Waals surface area contributed by atoms with Crippen molar-refractivity contribution in [2.24, 2.45) is 0 Å². The average molecular weight is 258 g/mol. The second kappa shape index (κ2) is 5.80. The molecule has 0 aliphatic heterocycles. The van der Waals surface area contributed by atoms with Crippen LogP contribution >= 0.6 is 0 Å². The van der Waals surface area contributed by atoms with Gasteiger partial charge < -0.3 is 9.84 Å². The maximum Gasteiger partial charge on any atom is 0.132 e. The third-order valence-corrected chi connectivity index (χ3v) is 3.04. The molecule has 0 bridgehead atoms. The van der Waals surface area contributed by atoms with Crippen LogP contribution in [0.3, 0.4) is 0 Å². The SMILES string of the molecule is COc1ccc(Cc2ncc([C@H](C)O)c(C)n2)cc1. The van der Waals surface area contributed by atoms with Crippen LogP contribution in [0.25, 0.3) is 0 Å². The summed E-state index contributed by atoms with van der Waals surface area (Å²) in [5.74, 6) is 1.59. The molecule has 0 unspecified atom stereocenters. The number of aliphatic hydroxyl groups excluding tert-OH is 1. The van der Waals surface area contributed by atoms with Crippen LogP contribution in [0.5, 0.6) is 5.75 Å². The van der Waals surface area contributed by atoms with Crippen LogP contribution in [0.4, 0.5) is 0 Å². The van der Waals surface area contributed by atoms with Gasteiger partial charge in [-0.1, -0.05) is 12.1 Å². The molecule has 4 heteroatoms. The molecule has 4 nitrogen and oxygen atoms in total. The Labute approximate surface area is 113 Å². The largest absolute Gasteiger partial charge is 0.497 e. The van der Waals surface area contributed by atoms with Gasteiger partial charge in [0.2, 0.25) is 0 Å². The van der Waals surface area contributed by atoms with E-state index in [-0.39, 0.29) is 0 Å². The van der Waals surface area contributed by atoms with Crippen LogP contribution in [-0.2, 0) is 6.42 Å². The first-order chi connectivity index (χ1) is 9.10. The fourth-order valence-corrected chi connectivity index (χ4v) is 1.95. The van der Waals surface area contributed by atoms with E-state index >= 15 is 0 Å². The summed E-state index contributed by atoms with van der Waals surface area (Å²) in [6, 6.07) is 7.85. The molecule has 2 aromatic rings. The van der Waals surface area contributed by atoms with Gasteiger partial charge in [0.15, 0.2) is 0 Å². The highest BCUT2D eigenvalue weighted by Crippen LogP contribution is 2.16. The second-order valence-electron chi connectivity index (χ2n) is 4.53. The number of hydrogen-bond donors (Lipinski definition) is 1. The highest BCUT2D eigenvalue weighted by atomic mass is 16.5. The van der Waals surface area contributed by atoms with Gasteiger partial charge >= 0.3 is 0 Å². The Morgan fingerprint density at radius 1 is 1.26 bits per heavy atom. The summed E-state index contributed by atoms with van der Waals surface area (Å²) in [6.45, 7) is 3.61. The monoisotopic (exact) mass is 258 g/mol. The maximum atomic E-state index is 9.55. The summed E-state index contributed by atoms with van der Waals surface area (Å²) >= 11 is 0. The van der Waals surface area contributed by atoms with Gasteiger partial charge in [0.25, 0.3) is 0 Å². The zero-order valence-corrected chi connectivity index (χ0v) is 11.4. The third kappa shape index (κ3) is 3.29. The molecule has 100 valence electrons.